The molecule has 3 nitrogen and oxygen atoms in total. The van der Waals surface area contributed by atoms with Gasteiger partial charge in [0.05, 0.1) is 11.2 Å². The second-order valence-electron chi connectivity index (χ2n) is 5.82. The molecule has 2 rings (SSSR count). The molecule has 1 heterocycles. The van der Waals surface area contributed by atoms with Crippen LogP contribution < -0.4 is 10.2 Å². The van der Waals surface area contributed by atoms with E-state index in [1.54, 1.807) is 27.7 Å². The maximum absolute atomic E-state index is 14.0. The van der Waals surface area contributed by atoms with Gasteiger partial charge in [0.2, 0.25) is 0 Å². The standard InChI is InChI=1S/C13H15BF4O3.C2H6/c1-11(2)12(3,4)21-14(20-11)9-6-5-8(7-10(9)15)19-13(16,17)18;1-2/h5-7H,1-4H3;1-2H3. The third-order valence-corrected chi connectivity index (χ3v) is 3.71. The second kappa shape index (κ2) is 6.69. The van der Waals surface area contributed by atoms with Gasteiger partial charge in [-0.2, -0.15) is 0 Å². The van der Waals surface area contributed by atoms with Crippen molar-refractivity contribution >= 4 is 12.6 Å². The molecule has 0 aliphatic carbocycles. The molecule has 1 saturated heterocycles. The molecule has 23 heavy (non-hydrogen) atoms. The molecule has 1 aliphatic heterocycles. The summed E-state index contributed by atoms with van der Waals surface area (Å²) >= 11 is 0. The van der Waals surface area contributed by atoms with Gasteiger partial charge in [-0.05, 0) is 33.8 Å². The van der Waals surface area contributed by atoms with Crippen LogP contribution in [0.2, 0.25) is 0 Å². The Bertz CT molecular complexity index is 528. The van der Waals surface area contributed by atoms with Gasteiger partial charge in [-0.25, -0.2) is 4.39 Å². The number of hydrogen-bond donors (Lipinski definition) is 0. The largest absolute Gasteiger partial charge is 0.573 e. The molecule has 0 bridgehead atoms. The van der Waals surface area contributed by atoms with Crippen molar-refractivity contribution in [1.29, 1.82) is 0 Å². The van der Waals surface area contributed by atoms with E-state index in [4.69, 9.17) is 9.31 Å². The van der Waals surface area contributed by atoms with Crippen LogP contribution in [0.5, 0.6) is 5.75 Å². The summed E-state index contributed by atoms with van der Waals surface area (Å²) in [4.78, 5) is 0. The van der Waals surface area contributed by atoms with Gasteiger partial charge in [-0.15, -0.1) is 13.2 Å². The Morgan fingerprint density at radius 2 is 1.48 bits per heavy atom. The number of halogens is 4. The smallest absolute Gasteiger partial charge is 0.406 e. The SMILES string of the molecule is CC.CC1(C)OB(c2ccc(OC(F)(F)F)cc2F)OC1(C)C. The van der Waals surface area contributed by atoms with E-state index in [0.29, 0.717) is 6.07 Å². The van der Waals surface area contributed by atoms with Crippen LogP contribution in [0, 0.1) is 5.82 Å². The van der Waals surface area contributed by atoms with Crippen LogP contribution in [0.15, 0.2) is 18.2 Å². The van der Waals surface area contributed by atoms with Crippen molar-refractivity contribution in [3.05, 3.63) is 24.0 Å². The predicted molar refractivity (Wildman–Crippen MR) is 80.1 cm³/mol. The Morgan fingerprint density at radius 1 is 1.00 bits per heavy atom. The average molecular weight is 336 g/mol. The second-order valence-corrected chi connectivity index (χ2v) is 5.82. The molecule has 0 atom stereocenters. The van der Waals surface area contributed by atoms with Crippen molar-refractivity contribution < 1.29 is 31.6 Å². The van der Waals surface area contributed by atoms with Crippen LogP contribution >= 0.6 is 0 Å². The van der Waals surface area contributed by atoms with E-state index in [2.05, 4.69) is 4.74 Å². The maximum atomic E-state index is 14.0. The lowest BCUT2D eigenvalue weighted by molar-refractivity contribution is -0.274. The summed E-state index contributed by atoms with van der Waals surface area (Å²) in [5.41, 5.74) is -1.29. The van der Waals surface area contributed by atoms with Gasteiger partial charge in [0.25, 0.3) is 0 Å². The highest BCUT2D eigenvalue weighted by Crippen LogP contribution is 2.36. The molecule has 0 unspecified atom stereocenters. The van der Waals surface area contributed by atoms with Gasteiger partial charge in [0, 0.05) is 11.5 Å². The summed E-state index contributed by atoms with van der Waals surface area (Å²) in [6.07, 6.45) is -4.86. The highest BCUT2D eigenvalue weighted by Gasteiger charge is 2.52. The number of benzene rings is 1. The quantitative estimate of drug-likeness (QED) is 0.602. The Morgan fingerprint density at radius 3 is 1.87 bits per heavy atom. The first-order chi connectivity index (χ1) is 10.4. The molecule has 8 heteroatoms. The molecule has 1 fully saturated rings. The zero-order chi connectivity index (χ0) is 18.1. The van der Waals surface area contributed by atoms with Crippen molar-refractivity contribution in [2.75, 3.05) is 0 Å². The van der Waals surface area contributed by atoms with Crippen LogP contribution in [0.4, 0.5) is 17.6 Å². The summed E-state index contributed by atoms with van der Waals surface area (Å²) < 4.78 is 65.2. The molecule has 0 N–H and O–H groups in total. The normalized spacial score (nSPS) is 19.1. The van der Waals surface area contributed by atoms with Gasteiger partial charge >= 0.3 is 13.5 Å². The Balaban J connectivity index is 0.00000127. The van der Waals surface area contributed by atoms with E-state index >= 15 is 0 Å². The number of alkyl halides is 3. The Kier molecular flexibility index (Phi) is 5.75. The molecule has 0 amide bonds. The number of ether oxygens (including phenoxy) is 1. The van der Waals surface area contributed by atoms with Crippen molar-refractivity contribution in [2.24, 2.45) is 0 Å². The highest BCUT2D eigenvalue weighted by molar-refractivity contribution is 6.62. The Labute approximate surface area is 134 Å². The van der Waals surface area contributed by atoms with Crippen LogP contribution in [-0.4, -0.2) is 24.7 Å². The minimum absolute atomic E-state index is 0.0307. The number of hydrogen-bond acceptors (Lipinski definition) is 3. The van der Waals surface area contributed by atoms with Gasteiger partial charge in [-0.1, -0.05) is 19.9 Å². The fraction of sp³-hybridized carbons (Fsp3) is 0.600. The molecule has 130 valence electrons. The van der Waals surface area contributed by atoms with Gasteiger partial charge in [0.1, 0.15) is 11.6 Å². The summed E-state index contributed by atoms with van der Waals surface area (Å²) in [5, 5.41) is 0. The Hall–Kier alpha value is -1.28. The van der Waals surface area contributed by atoms with E-state index in [-0.39, 0.29) is 5.46 Å². The van der Waals surface area contributed by atoms with Crippen molar-refractivity contribution in [1.82, 2.24) is 0 Å². The minimum Gasteiger partial charge on any atom is -0.406 e. The van der Waals surface area contributed by atoms with E-state index in [9.17, 15) is 17.6 Å². The molecule has 1 aromatic rings. The van der Waals surface area contributed by atoms with E-state index in [0.717, 1.165) is 6.07 Å². The number of rotatable bonds is 2. The molecule has 0 saturated carbocycles. The average Bonchev–Trinajstić information content (AvgIpc) is 2.58. The van der Waals surface area contributed by atoms with Crippen molar-refractivity contribution in [3.8, 4) is 5.75 Å². The lowest BCUT2D eigenvalue weighted by atomic mass is 9.78. The van der Waals surface area contributed by atoms with Crippen molar-refractivity contribution in [2.45, 2.75) is 59.1 Å². The summed E-state index contributed by atoms with van der Waals surface area (Å²) in [5.74, 6) is -1.50. The molecule has 1 aromatic carbocycles. The summed E-state index contributed by atoms with van der Waals surface area (Å²) in [6, 6.07) is 2.85. The third kappa shape index (κ3) is 4.60. The highest BCUT2D eigenvalue weighted by atomic mass is 19.4. The monoisotopic (exact) mass is 336 g/mol. The molecule has 0 spiro atoms. The zero-order valence-electron chi connectivity index (χ0n) is 14.0. The van der Waals surface area contributed by atoms with Crippen LogP contribution in [0.1, 0.15) is 41.5 Å². The van der Waals surface area contributed by atoms with Gasteiger partial charge in [-0.3, -0.25) is 0 Å². The topological polar surface area (TPSA) is 27.7 Å². The van der Waals surface area contributed by atoms with Gasteiger partial charge < -0.3 is 14.0 Å². The first kappa shape index (κ1) is 19.8. The van der Waals surface area contributed by atoms with Crippen molar-refractivity contribution in [3.63, 3.8) is 0 Å². The third-order valence-electron chi connectivity index (χ3n) is 3.71. The molecule has 0 radical (unpaired) electrons. The molecular weight excluding hydrogens is 315 g/mol. The van der Waals surface area contributed by atoms with Crippen LogP contribution in [0.25, 0.3) is 0 Å². The molecule has 0 aromatic heterocycles. The van der Waals surface area contributed by atoms with E-state index in [1.165, 1.54) is 6.07 Å². The van der Waals surface area contributed by atoms with Crippen LogP contribution in [0.3, 0.4) is 0 Å². The molecular formula is C15H21BF4O3. The van der Waals surface area contributed by atoms with Gasteiger partial charge in [0.15, 0.2) is 0 Å². The van der Waals surface area contributed by atoms with E-state index < -0.39 is 36.2 Å². The first-order valence-corrected chi connectivity index (χ1v) is 7.32. The predicted octanol–water partition coefficient (Wildman–Crippen LogP) is 4.05. The fourth-order valence-electron chi connectivity index (χ4n) is 1.87. The van der Waals surface area contributed by atoms with E-state index in [1.807, 2.05) is 13.8 Å². The summed E-state index contributed by atoms with van der Waals surface area (Å²) in [7, 11) is -0.977. The zero-order valence-corrected chi connectivity index (χ0v) is 14.0. The lowest BCUT2D eigenvalue weighted by Crippen LogP contribution is -2.41. The molecule has 1 aliphatic rings. The minimum atomic E-state index is -4.86. The van der Waals surface area contributed by atoms with Crippen LogP contribution in [-0.2, 0) is 9.31 Å². The lowest BCUT2D eigenvalue weighted by Gasteiger charge is -2.32. The summed E-state index contributed by atoms with van der Waals surface area (Å²) in [6.45, 7) is 11.2. The fourth-order valence-corrected chi connectivity index (χ4v) is 1.87. The maximum Gasteiger partial charge on any atom is 0.573 e. The first-order valence-electron chi connectivity index (χ1n) is 7.32.